The van der Waals surface area contributed by atoms with Crippen molar-refractivity contribution in [3.8, 4) is 0 Å². The maximum absolute atomic E-state index is 11.7. The molecule has 0 saturated carbocycles. The highest BCUT2D eigenvalue weighted by Crippen LogP contribution is 2.05. The van der Waals surface area contributed by atoms with E-state index in [9.17, 15) is 8.42 Å². The molecule has 0 aliphatic carbocycles. The lowest BCUT2D eigenvalue weighted by Crippen LogP contribution is -2.39. The van der Waals surface area contributed by atoms with E-state index in [1.807, 2.05) is 0 Å². The van der Waals surface area contributed by atoms with Crippen molar-refractivity contribution in [3.05, 3.63) is 0 Å². The molecule has 1 heterocycles. The van der Waals surface area contributed by atoms with Gasteiger partial charge in [-0.25, -0.2) is 13.1 Å². The summed E-state index contributed by atoms with van der Waals surface area (Å²) in [6.45, 7) is 6.16. The van der Waals surface area contributed by atoms with Crippen LogP contribution in [-0.2, 0) is 19.5 Å². The van der Waals surface area contributed by atoms with Gasteiger partial charge in [0.05, 0.1) is 31.7 Å². The van der Waals surface area contributed by atoms with Crippen LogP contribution in [0.4, 0.5) is 0 Å². The van der Waals surface area contributed by atoms with Crippen molar-refractivity contribution in [2.45, 2.75) is 32.8 Å². The van der Waals surface area contributed by atoms with Gasteiger partial charge in [0.25, 0.3) is 0 Å². The summed E-state index contributed by atoms with van der Waals surface area (Å²) in [6.07, 6.45) is 1.58. The molecular weight excluding hydrogens is 242 g/mol. The van der Waals surface area contributed by atoms with Crippen molar-refractivity contribution in [1.82, 2.24) is 4.72 Å². The number of hydrogen-bond donors (Lipinski definition) is 1. The quantitative estimate of drug-likeness (QED) is 0.690. The van der Waals surface area contributed by atoms with Gasteiger partial charge in [0.2, 0.25) is 10.0 Å². The first kappa shape index (κ1) is 14.9. The lowest BCUT2D eigenvalue weighted by atomic mass is 10.1. The van der Waals surface area contributed by atoms with Crippen LogP contribution in [0.25, 0.3) is 0 Å². The highest BCUT2D eigenvalue weighted by Gasteiger charge is 2.21. The Hall–Kier alpha value is -0.170. The molecule has 0 aromatic rings. The molecule has 0 amide bonds. The molecule has 0 bridgehead atoms. The van der Waals surface area contributed by atoms with Crippen LogP contribution in [0.1, 0.15) is 26.7 Å². The lowest BCUT2D eigenvalue weighted by Gasteiger charge is -2.22. The predicted molar refractivity (Wildman–Crippen MR) is 66.4 cm³/mol. The van der Waals surface area contributed by atoms with Gasteiger partial charge in [-0.3, -0.25) is 0 Å². The number of ether oxygens (including phenoxy) is 2. The summed E-state index contributed by atoms with van der Waals surface area (Å²) in [5, 5.41) is 0. The summed E-state index contributed by atoms with van der Waals surface area (Å²) in [4.78, 5) is 0. The van der Waals surface area contributed by atoms with Crippen molar-refractivity contribution >= 4 is 10.0 Å². The Morgan fingerprint density at radius 1 is 1.35 bits per heavy atom. The van der Waals surface area contributed by atoms with Gasteiger partial charge in [0.1, 0.15) is 0 Å². The van der Waals surface area contributed by atoms with Gasteiger partial charge in [-0.15, -0.1) is 0 Å². The summed E-state index contributed by atoms with van der Waals surface area (Å²) in [5.74, 6) is 0.601. The predicted octanol–water partition coefficient (Wildman–Crippen LogP) is 0.757. The van der Waals surface area contributed by atoms with Crippen molar-refractivity contribution in [3.63, 3.8) is 0 Å². The number of nitrogens with one attached hydrogen (secondary N) is 1. The normalized spacial score (nSPS) is 21.9. The van der Waals surface area contributed by atoms with Gasteiger partial charge in [0, 0.05) is 6.54 Å². The first-order chi connectivity index (χ1) is 7.99. The average Bonchev–Trinajstić information content (AvgIpc) is 2.25. The zero-order valence-electron chi connectivity index (χ0n) is 10.6. The Kier molecular flexibility index (Phi) is 6.40. The minimum absolute atomic E-state index is 0.00528. The van der Waals surface area contributed by atoms with Crippen LogP contribution in [0.3, 0.4) is 0 Å². The largest absolute Gasteiger partial charge is 0.376 e. The minimum Gasteiger partial charge on any atom is -0.376 e. The van der Waals surface area contributed by atoms with E-state index in [1.165, 1.54) is 0 Å². The smallest absolute Gasteiger partial charge is 0.214 e. The first-order valence-electron chi connectivity index (χ1n) is 6.16. The Bertz CT molecular complexity index is 297. The Labute approximate surface area is 104 Å². The van der Waals surface area contributed by atoms with Gasteiger partial charge in [0.15, 0.2) is 0 Å². The molecule has 1 rings (SSSR count). The van der Waals surface area contributed by atoms with Gasteiger partial charge < -0.3 is 9.47 Å². The van der Waals surface area contributed by atoms with E-state index in [1.54, 1.807) is 0 Å². The summed E-state index contributed by atoms with van der Waals surface area (Å²) >= 11 is 0. The summed E-state index contributed by atoms with van der Waals surface area (Å²) in [7, 11) is -3.23. The first-order valence-corrected chi connectivity index (χ1v) is 7.81. The molecule has 1 unspecified atom stereocenters. The molecule has 5 nitrogen and oxygen atoms in total. The van der Waals surface area contributed by atoms with Crippen molar-refractivity contribution in [2.24, 2.45) is 5.92 Å². The van der Waals surface area contributed by atoms with Gasteiger partial charge in [-0.1, -0.05) is 13.8 Å². The average molecular weight is 265 g/mol. The molecule has 17 heavy (non-hydrogen) atoms. The summed E-state index contributed by atoms with van der Waals surface area (Å²) in [5.41, 5.74) is 0. The fourth-order valence-corrected chi connectivity index (χ4v) is 2.93. The van der Waals surface area contributed by atoms with Crippen LogP contribution < -0.4 is 4.72 Å². The van der Waals surface area contributed by atoms with Crippen LogP contribution in [0.2, 0.25) is 0 Å². The van der Waals surface area contributed by atoms with Gasteiger partial charge in [-0.2, -0.15) is 0 Å². The molecule has 1 saturated heterocycles. The third kappa shape index (κ3) is 6.98. The van der Waals surface area contributed by atoms with E-state index in [0.29, 0.717) is 32.3 Å². The summed E-state index contributed by atoms with van der Waals surface area (Å²) in [6, 6.07) is 0. The number of rotatable bonds is 7. The molecule has 0 aromatic heterocycles. The van der Waals surface area contributed by atoms with Crippen molar-refractivity contribution < 1.29 is 17.9 Å². The fraction of sp³-hybridized carbons (Fsp3) is 1.00. The lowest BCUT2D eigenvalue weighted by molar-refractivity contribution is -0.0783. The molecule has 1 aliphatic rings. The Morgan fingerprint density at radius 3 is 2.71 bits per heavy atom. The molecule has 102 valence electrons. The molecule has 1 atom stereocenters. The van der Waals surface area contributed by atoms with Crippen LogP contribution >= 0.6 is 0 Å². The second-order valence-electron chi connectivity index (χ2n) is 4.78. The van der Waals surface area contributed by atoms with Crippen molar-refractivity contribution in [1.29, 1.82) is 0 Å². The van der Waals surface area contributed by atoms with Crippen LogP contribution in [0.15, 0.2) is 0 Å². The molecule has 0 radical (unpaired) electrons. The third-order valence-corrected chi connectivity index (χ3v) is 4.03. The molecule has 6 heteroatoms. The van der Waals surface area contributed by atoms with E-state index in [2.05, 4.69) is 18.6 Å². The maximum atomic E-state index is 11.7. The topological polar surface area (TPSA) is 64.6 Å². The van der Waals surface area contributed by atoms with E-state index >= 15 is 0 Å². The zero-order valence-corrected chi connectivity index (χ0v) is 11.5. The standard InChI is InChI=1S/C11H23NO4S/c1-10(2)4-3-5-12-17(13,14)9-11-8-15-6-7-16-11/h10-12H,3-9H2,1-2H3. The molecular formula is C11H23NO4S. The van der Waals surface area contributed by atoms with Crippen LogP contribution in [-0.4, -0.2) is 46.6 Å². The SMILES string of the molecule is CC(C)CCCNS(=O)(=O)CC1COCCO1. The van der Waals surface area contributed by atoms with Gasteiger partial charge >= 0.3 is 0 Å². The van der Waals surface area contributed by atoms with Crippen molar-refractivity contribution in [2.75, 3.05) is 32.1 Å². The minimum atomic E-state index is -3.23. The Balaban J connectivity index is 2.20. The van der Waals surface area contributed by atoms with E-state index in [0.717, 1.165) is 12.8 Å². The zero-order chi connectivity index (χ0) is 12.7. The van der Waals surface area contributed by atoms with E-state index < -0.39 is 10.0 Å². The highest BCUT2D eigenvalue weighted by atomic mass is 32.2. The monoisotopic (exact) mass is 265 g/mol. The fourth-order valence-electron chi connectivity index (χ4n) is 1.67. The maximum Gasteiger partial charge on any atom is 0.214 e. The molecule has 1 N–H and O–H groups in total. The van der Waals surface area contributed by atoms with Crippen LogP contribution in [0.5, 0.6) is 0 Å². The highest BCUT2D eigenvalue weighted by molar-refractivity contribution is 7.89. The van der Waals surface area contributed by atoms with E-state index in [-0.39, 0.29) is 11.9 Å². The van der Waals surface area contributed by atoms with Gasteiger partial charge in [-0.05, 0) is 18.8 Å². The number of sulfonamides is 1. The van der Waals surface area contributed by atoms with E-state index in [4.69, 9.17) is 9.47 Å². The third-order valence-electron chi connectivity index (χ3n) is 2.57. The molecule has 1 aliphatic heterocycles. The summed E-state index contributed by atoms with van der Waals surface area (Å²) < 4.78 is 36.5. The Morgan fingerprint density at radius 2 is 2.12 bits per heavy atom. The molecule has 0 spiro atoms. The molecule has 1 fully saturated rings. The molecule has 0 aromatic carbocycles. The second-order valence-corrected chi connectivity index (χ2v) is 6.63. The van der Waals surface area contributed by atoms with Crippen LogP contribution in [0, 0.1) is 5.92 Å². The number of hydrogen-bond acceptors (Lipinski definition) is 4. The second kappa shape index (κ2) is 7.31.